The average Bonchev–Trinajstić information content (AvgIpc) is 3.10. The number of rotatable bonds is 5. The first-order valence-corrected chi connectivity index (χ1v) is 9.92. The van der Waals surface area contributed by atoms with Crippen molar-refractivity contribution in [1.82, 2.24) is 15.1 Å². The Morgan fingerprint density at radius 2 is 1.90 bits per heavy atom. The molecule has 7 heteroatoms. The molecule has 1 saturated carbocycles. The summed E-state index contributed by atoms with van der Waals surface area (Å²) in [6.07, 6.45) is 2.00. The summed E-state index contributed by atoms with van der Waals surface area (Å²) < 4.78 is 15.1. The predicted octanol–water partition coefficient (Wildman–Crippen LogP) is 3.25. The zero-order valence-corrected chi connectivity index (χ0v) is 17.1. The maximum absolute atomic E-state index is 13.2. The topological polar surface area (TPSA) is 84.2 Å². The minimum absolute atomic E-state index is 0.0434. The standard InChI is InChI=1S/C22H26FN3O3/c1-21(2,3)26-18-15-9-13(15)10-16(18)17(25-26)19(27)24-22(4,20(28)29)11-12-5-7-14(23)8-6-12/h5-8,13,15H,9-11H2,1-4H3,(H,24,27)(H,28,29)/t13-,15-,22-/m1/s1. The Bertz CT molecular complexity index is 990. The van der Waals surface area contributed by atoms with Crippen LogP contribution in [0.3, 0.4) is 0 Å². The summed E-state index contributed by atoms with van der Waals surface area (Å²) in [4.78, 5) is 25.1. The highest BCUT2D eigenvalue weighted by molar-refractivity contribution is 5.98. The van der Waals surface area contributed by atoms with Crippen molar-refractivity contribution in [1.29, 1.82) is 0 Å². The first-order valence-electron chi connectivity index (χ1n) is 9.92. The molecule has 2 N–H and O–H groups in total. The van der Waals surface area contributed by atoms with Crippen LogP contribution in [0.5, 0.6) is 0 Å². The van der Waals surface area contributed by atoms with Crippen LogP contribution in [0.1, 0.15) is 67.3 Å². The Labute approximate surface area is 169 Å². The Morgan fingerprint density at radius 1 is 1.24 bits per heavy atom. The molecule has 1 aromatic carbocycles. The third-order valence-electron chi connectivity index (χ3n) is 5.95. The molecule has 1 fully saturated rings. The van der Waals surface area contributed by atoms with E-state index in [9.17, 15) is 19.1 Å². The quantitative estimate of drug-likeness (QED) is 0.808. The molecule has 0 unspecified atom stereocenters. The van der Waals surface area contributed by atoms with E-state index in [-0.39, 0.29) is 12.0 Å². The molecule has 0 radical (unpaired) electrons. The van der Waals surface area contributed by atoms with Gasteiger partial charge in [-0.05, 0) is 64.2 Å². The van der Waals surface area contributed by atoms with E-state index in [2.05, 4.69) is 10.4 Å². The van der Waals surface area contributed by atoms with E-state index in [4.69, 9.17) is 0 Å². The largest absolute Gasteiger partial charge is 0.480 e. The number of aliphatic carboxylic acids is 1. The van der Waals surface area contributed by atoms with E-state index in [0.29, 0.717) is 23.1 Å². The molecule has 154 valence electrons. The lowest BCUT2D eigenvalue weighted by molar-refractivity contribution is -0.143. The highest BCUT2D eigenvalue weighted by atomic mass is 19.1. The van der Waals surface area contributed by atoms with E-state index >= 15 is 0 Å². The van der Waals surface area contributed by atoms with Gasteiger partial charge in [-0.2, -0.15) is 5.10 Å². The van der Waals surface area contributed by atoms with Gasteiger partial charge in [0.2, 0.25) is 0 Å². The van der Waals surface area contributed by atoms with Crippen molar-refractivity contribution in [3.8, 4) is 0 Å². The first-order chi connectivity index (χ1) is 13.5. The summed E-state index contributed by atoms with van der Waals surface area (Å²) in [5.41, 5.74) is 1.24. The maximum Gasteiger partial charge on any atom is 0.329 e. The number of carbonyl (C=O) groups excluding carboxylic acids is 1. The van der Waals surface area contributed by atoms with Crippen LogP contribution < -0.4 is 5.32 Å². The summed E-state index contributed by atoms with van der Waals surface area (Å²) in [5.74, 6) is -0.976. The van der Waals surface area contributed by atoms with Gasteiger partial charge in [-0.15, -0.1) is 0 Å². The van der Waals surface area contributed by atoms with Gasteiger partial charge < -0.3 is 10.4 Å². The van der Waals surface area contributed by atoms with Crippen molar-refractivity contribution in [2.45, 2.75) is 64.0 Å². The van der Waals surface area contributed by atoms with Gasteiger partial charge in [0.1, 0.15) is 11.4 Å². The van der Waals surface area contributed by atoms with Gasteiger partial charge in [0, 0.05) is 23.6 Å². The lowest BCUT2D eigenvalue weighted by Crippen LogP contribution is -2.54. The fourth-order valence-corrected chi connectivity index (χ4v) is 4.30. The number of amides is 1. The number of aromatic nitrogens is 2. The molecule has 0 saturated heterocycles. The monoisotopic (exact) mass is 399 g/mol. The van der Waals surface area contributed by atoms with Crippen LogP contribution in [-0.4, -0.2) is 32.3 Å². The van der Waals surface area contributed by atoms with Crippen LogP contribution in [0, 0.1) is 11.7 Å². The zero-order chi connectivity index (χ0) is 21.1. The Kier molecular flexibility index (Phi) is 4.33. The van der Waals surface area contributed by atoms with Gasteiger partial charge in [0.05, 0.1) is 5.54 Å². The second-order valence-electron chi connectivity index (χ2n) is 9.50. The molecule has 2 aromatic rings. The molecule has 2 aliphatic carbocycles. The highest BCUT2D eigenvalue weighted by Crippen LogP contribution is 2.57. The van der Waals surface area contributed by atoms with Gasteiger partial charge in [0.15, 0.2) is 5.69 Å². The minimum Gasteiger partial charge on any atom is -0.480 e. The zero-order valence-electron chi connectivity index (χ0n) is 17.1. The molecule has 6 nitrogen and oxygen atoms in total. The number of carboxylic acid groups (broad SMARTS) is 1. The van der Waals surface area contributed by atoms with E-state index in [1.165, 1.54) is 31.2 Å². The van der Waals surface area contributed by atoms with E-state index < -0.39 is 23.2 Å². The van der Waals surface area contributed by atoms with Crippen molar-refractivity contribution in [3.05, 3.63) is 52.6 Å². The maximum atomic E-state index is 13.2. The van der Waals surface area contributed by atoms with Crippen LogP contribution in [0.25, 0.3) is 0 Å². The van der Waals surface area contributed by atoms with Crippen LogP contribution in [0.4, 0.5) is 4.39 Å². The van der Waals surface area contributed by atoms with Crippen LogP contribution in [0.2, 0.25) is 0 Å². The molecule has 0 bridgehead atoms. The molecule has 0 spiro atoms. The summed E-state index contributed by atoms with van der Waals surface area (Å²) in [6, 6.07) is 5.62. The van der Waals surface area contributed by atoms with Crippen molar-refractivity contribution in [3.63, 3.8) is 0 Å². The number of nitrogens with one attached hydrogen (secondary N) is 1. The van der Waals surface area contributed by atoms with Crippen molar-refractivity contribution in [2.24, 2.45) is 5.92 Å². The number of fused-ring (bicyclic) bond motifs is 3. The number of halogens is 1. The molecule has 4 rings (SSSR count). The fraction of sp³-hybridized carbons (Fsp3) is 0.500. The minimum atomic E-state index is -1.53. The van der Waals surface area contributed by atoms with Gasteiger partial charge in [0.25, 0.3) is 5.91 Å². The molecule has 1 heterocycles. The van der Waals surface area contributed by atoms with E-state index in [1.807, 2.05) is 25.5 Å². The normalized spacial score (nSPS) is 21.8. The number of carbonyl (C=O) groups is 2. The molecular weight excluding hydrogens is 373 g/mol. The van der Waals surface area contributed by atoms with E-state index in [0.717, 1.165) is 24.1 Å². The molecule has 29 heavy (non-hydrogen) atoms. The van der Waals surface area contributed by atoms with E-state index in [1.54, 1.807) is 0 Å². The number of nitrogens with zero attached hydrogens (tertiary/aromatic N) is 2. The van der Waals surface area contributed by atoms with Crippen LogP contribution >= 0.6 is 0 Å². The first kappa shape index (κ1) is 19.6. The fourth-order valence-electron chi connectivity index (χ4n) is 4.30. The average molecular weight is 399 g/mol. The van der Waals surface area contributed by atoms with Gasteiger partial charge in [-0.1, -0.05) is 12.1 Å². The molecule has 1 aromatic heterocycles. The molecule has 3 atom stereocenters. The third-order valence-corrected chi connectivity index (χ3v) is 5.95. The predicted molar refractivity (Wildman–Crippen MR) is 105 cm³/mol. The molecule has 1 amide bonds. The lowest BCUT2D eigenvalue weighted by atomic mass is 9.92. The van der Waals surface area contributed by atoms with Gasteiger partial charge in [-0.25, -0.2) is 9.18 Å². The SMILES string of the molecule is CC(C)(C)n1nc(C(=O)N[C@](C)(Cc2ccc(F)cc2)C(=O)O)c2c1[C@@H]1C[C@@H]1C2. The summed E-state index contributed by atoms with van der Waals surface area (Å²) in [5, 5.41) is 17.1. The lowest BCUT2D eigenvalue weighted by Gasteiger charge is -2.26. The number of benzene rings is 1. The van der Waals surface area contributed by atoms with Crippen LogP contribution in [-0.2, 0) is 23.2 Å². The van der Waals surface area contributed by atoms with Gasteiger partial charge >= 0.3 is 5.97 Å². The smallest absolute Gasteiger partial charge is 0.329 e. The highest BCUT2D eigenvalue weighted by Gasteiger charge is 2.51. The second kappa shape index (κ2) is 6.40. The Balaban J connectivity index is 1.63. The summed E-state index contributed by atoms with van der Waals surface area (Å²) >= 11 is 0. The molecular formula is C22H26FN3O3. The number of carboxylic acids is 1. The Morgan fingerprint density at radius 3 is 2.48 bits per heavy atom. The second-order valence-corrected chi connectivity index (χ2v) is 9.50. The summed E-state index contributed by atoms with van der Waals surface area (Å²) in [6.45, 7) is 7.61. The van der Waals surface area contributed by atoms with Gasteiger partial charge in [-0.3, -0.25) is 9.48 Å². The third kappa shape index (κ3) is 3.43. The molecule has 0 aliphatic heterocycles. The number of hydrogen-bond donors (Lipinski definition) is 2. The van der Waals surface area contributed by atoms with Crippen molar-refractivity contribution >= 4 is 11.9 Å². The number of hydrogen-bond acceptors (Lipinski definition) is 3. The van der Waals surface area contributed by atoms with Crippen LogP contribution in [0.15, 0.2) is 24.3 Å². The molecule has 2 aliphatic rings. The summed E-state index contributed by atoms with van der Waals surface area (Å²) in [7, 11) is 0. The Hall–Kier alpha value is -2.70. The van der Waals surface area contributed by atoms with Crippen molar-refractivity contribution in [2.75, 3.05) is 0 Å². The van der Waals surface area contributed by atoms with Crippen molar-refractivity contribution < 1.29 is 19.1 Å².